The Bertz CT molecular complexity index is 526. The summed E-state index contributed by atoms with van der Waals surface area (Å²) >= 11 is 0. The van der Waals surface area contributed by atoms with Crippen molar-refractivity contribution in [3.8, 4) is 11.5 Å². The largest absolute Gasteiger partial charge is 0.444 e. The van der Waals surface area contributed by atoms with E-state index in [1.807, 2.05) is 0 Å². The van der Waals surface area contributed by atoms with E-state index in [4.69, 9.17) is 4.42 Å². The smallest absolute Gasteiger partial charge is 0.394 e. The molecular weight excluding hydrogens is 245 g/mol. The molecule has 90 valence electrons. The van der Waals surface area contributed by atoms with Gasteiger partial charge in [0.05, 0.1) is 11.8 Å². The van der Waals surface area contributed by atoms with Gasteiger partial charge < -0.3 is 13.8 Å². The molecule has 1 unspecified atom stereocenters. The Morgan fingerprint density at radius 3 is 3.00 bits per heavy atom. The van der Waals surface area contributed by atoms with E-state index in [1.54, 1.807) is 12.3 Å². The molecule has 1 N–H and O–H groups in total. The van der Waals surface area contributed by atoms with E-state index < -0.39 is 7.60 Å². The average molecular weight is 256 g/mol. The molecule has 0 bridgehead atoms. The van der Waals surface area contributed by atoms with Crippen molar-refractivity contribution in [1.29, 1.82) is 0 Å². The maximum Gasteiger partial charge on any atom is 0.394 e. The zero-order valence-electron chi connectivity index (χ0n) is 9.05. The molecule has 0 fully saturated rings. The first-order valence-corrected chi connectivity index (χ1v) is 6.50. The third-order valence-corrected chi connectivity index (χ3v) is 3.28. The van der Waals surface area contributed by atoms with E-state index in [0.717, 1.165) is 0 Å². The van der Waals surface area contributed by atoms with Crippen LogP contribution in [0.1, 0.15) is 0 Å². The van der Waals surface area contributed by atoms with Gasteiger partial charge in [0, 0.05) is 13.2 Å². The lowest BCUT2D eigenvalue weighted by Gasteiger charge is -2.02. The minimum Gasteiger partial charge on any atom is -0.444 e. The van der Waals surface area contributed by atoms with Gasteiger partial charge in [-0.15, -0.1) is 0 Å². The third-order valence-electron chi connectivity index (χ3n) is 2.06. The van der Waals surface area contributed by atoms with E-state index >= 15 is 0 Å². The molecule has 0 radical (unpaired) electrons. The van der Waals surface area contributed by atoms with Crippen LogP contribution in [0.4, 0.5) is 0 Å². The third kappa shape index (κ3) is 2.97. The molecule has 0 amide bonds. The summed E-state index contributed by atoms with van der Waals surface area (Å²) in [5.74, 6) is 0.448. The molecule has 2 aromatic heterocycles. The second-order valence-electron chi connectivity index (χ2n) is 3.25. The minimum atomic E-state index is -3.61. The number of nitrogens with zero attached hydrogens (tertiary/aromatic N) is 3. The monoisotopic (exact) mass is 256 g/mol. The SMILES string of the molecule is COP(=O)(O)C[n+]1ccc(-c2ncco2)cn1. The molecule has 0 saturated carbocycles. The van der Waals surface area contributed by atoms with Crippen molar-refractivity contribution >= 4 is 7.60 Å². The van der Waals surface area contributed by atoms with Crippen LogP contribution in [0.5, 0.6) is 0 Å². The highest BCUT2D eigenvalue weighted by molar-refractivity contribution is 7.51. The van der Waals surface area contributed by atoms with Crippen molar-refractivity contribution < 1.29 is 23.1 Å². The van der Waals surface area contributed by atoms with Gasteiger partial charge in [0.15, 0.2) is 6.20 Å². The maximum absolute atomic E-state index is 11.3. The van der Waals surface area contributed by atoms with Crippen molar-refractivity contribution in [3.63, 3.8) is 0 Å². The Hall–Kier alpha value is -1.56. The molecule has 0 aliphatic carbocycles. The van der Waals surface area contributed by atoms with Gasteiger partial charge in [0.1, 0.15) is 12.5 Å². The van der Waals surface area contributed by atoms with Gasteiger partial charge in [-0.2, -0.15) is 0 Å². The lowest BCUT2D eigenvalue weighted by Crippen LogP contribution is -2.37. The molecule has 2 aromatic rings. The molecule has 8 heteroatoms. The summed E-state index contributed by atoms with van der Waals surface area (Å²) in [6.45, 7) is 0. The Labute approximate surface area is 97.2 Å². The number of rotatable bonds is 4. The van der Waals surface area contributed by atoms with Crippen LogP contribution in [0.2, 0.25) is 0 Å². The first-order chi connectivity index (χ1) is 8.11. The minimum absolute atomic E-state index is 0.199. The summed E-state index contributed by atoms with van der Waals surface area (Å²) in [5, 5.41) is 3.97. The maximum atomic E-state index is 11.3. The van der Waals surface area contributed by atoms with E-state index in [0.29, 0.717) is 11.5 Å². The lowest BCUT2D eigenvalue weighted by atomic mass is 10.3. The number of oxazole rings is 1. The summed E-state index contributed by atoms with van der Waals surface area (Å²) < 4.78 is 22.2. The lowest BCUT2D eigenvalue weighted by molar-refractivity contribution is -0.738. The topological polar surface area (TPSA) is 89.3 Å². The summed E-state index contributed by atoms with van der Waals surface area (Å²) in [4.78, 5) is 13.2. The fourth-order valence-corrected chi connectivity index (χ4v) is 1.85. The van der Waals surface area contributed by atoms with Crippen LogP contribution in [0.3, 0.4) is 0 Å². The van der Waals surface area contributed by atoms with Crippen molar-refractivity contribution in [1.82, 2.24) is 10.1 Å². The van der Waals surface area contributed by atoms with Crippen molar-refractivity contribution in [3.05, 3.63) is 30.9 Å². The van der Waals surface area contributed by atoms with Crippen LogP contribution in [-0.2, 0) is 15.4 Å². The van der Waals surface area contributed by atoms with Crippen LogP contribution in [0.25, 0.3) is 11.5 Å². The number of aromatic nitrogens is 3. The summed E-state index contributed by atoms with van der Waals surface area (Å²) in [6.07, 6.45) is 5.85. The van der Waals surface area contributed by atoms with E-state index in [-0.39, 0.29) is 6.29 Å². The molecule has 0 saturated heterocycles. The Morgan fingerprint density at radius 1 is 1.65 bits per heavy atom. The highest BCUT2D eigenvalue weighted by Gasteiger charge is 2.24. The zero-order chi connectivity index (χ0) is 12.3. The van der Waals surface area contributed by atoms with Crippen LogP contribution >= 0.6 is 7.60 Å². The average Bonchev–Trinajstić information content (AvgIpc) is 2.83. The van der Waals surface area contributed by atoms with Gasteiger partial charge in [-0.1, -0.05) is 4.68 Å². The van der Waals surface area contributed by atoms with Gasteiger partial charge >= 0.3 is 7.60 Å². The molecular formula is C9H11N3O4P+. The fraction of sp³-hybridized carbons (Fsp3) is 0.222. The van der Waals surface area contributed by atoms with Gasteiger partial charge in [-0.25, -0.2) is 4.98 Å². The summed E-state index contributed by atoms with van der Waals surface area (Å²) in [6, 6.07) is 1.69. The summed E-state index contributed by atoms with van der Waals surface area (Å²) in [5.41, 5.74) is 0.691. The zero-order valence-corrected chi connectivity index (χ0v) is 9.95. The van der Waals surface area contributed by atoms with Gasteiger partial charge in [0.25, 0.3) is 6.29 Å². The van der Waals surface area contributed by atoms with Gasteiger partial charge in [-0.3, -0.25) is 4.57 Å². The summed E-state index contributed by atoms with van der Waals surface area (Å²) in [7, 11) is -2.43. The van der Waals surface area contributed by atoms with Gasteiger partial charge in [-0.05, 0) is 5.10 Å². The Balaban J connectivity index is 2.17. The van der Waals surface area contributed by atoms with Crippen LogP contribution in [0, 0.1) is 0 Å². The molecule has 0 aliphatic rings. The molecule has 7 nitrogen and oxygen atoms in total. The normalized spacial score (nSPS) is 14.5. The quantitative estimate of drug-likeness (QED) is 0.643. The van der Waals surface area contributed by atoms with Crippen LogP contribution in [0.15, 0.2) is 35.3 Å². The Kier molecular flexibility index (Phi) is 3.33. The first kappa shape index (κ1) is 11.9. The first-order valence-electron chi connectivity index (χ1n) is 4.74. The number of hydrogen-bond acceptors (Lipinski definition) is 5. The molecule has 17 heavy (non-hydrogen) atoms. The van der Waals surface area contributed by atoms with Gasteiger partial charge in [0.2, 0.25) is 5.89 Å². The molecule has 0 aliphatic heterocycles. The van der Waals surface area contributed by atoms with Crippen LogP contribution in [-0.4, -0.2) is 22.1 Å². The Morgan fingerprint density at radius 2 is 2.47 bits per heavy atom. The highest BCUT2D eigenvalue weighted by atomic mass is 31.2. The van der Waals surface area contributed by atoms with Crippen molar-refractivity contribution in [2.24, 2.45) is 0 Å². The van der Waals surface area contributed by atoms with Crippen molar-refractivity contribution in [2.45, 2.75) is 6.29 Å². The fourth-order valence-electron chi connectivity index (χ4n) is 1.20. The van der Waals surface area contributed by atoms with Crippen LogP contribution < -0.4 is 4.68 Å². The van der Waals surface area contributed by atoms with E-state index in [9.17, 15) is 9.46 Å². The second-order valence-corrected chi connectivity index (χ2v) is 5.18. The second kappa shape index (κ2) is 4.75. The number of hydrogen-bond donors (Lipinski definition) is 1. The molecule has 1 atom stereocenters. The standard InChI is InChI=1S/C9H10N3O4P/c1-15-17(13,14)7-12-4-2-8(6-11-12)9-10-3-5-16-9/h2-6H,7H2,1H3/p+1. The van der Waals surface area contributed by atoms with E-state index in [1.165, 1.54) is 30.4 Å². The van der Waals surface area contributed by atoms with Crippen molar-refractivity contribution in [2.75, 3.05) is 7.11 Å². The molecule has 0 spiro atoms. The molecule has 0 aromatic carbocycles. The van der Waals surface area contributed by atoms with E-state index in [2.05, 4.69) is 14.6 Å². The predicted octanol–water partition coefficient (Wildman–Crippen LogP) is 0.813. The molecule has 2 rings (SSSR count). The molecule has 2 heterocycles. The highest BCUT2D eigenvalue weighted by Crippen LogP contribution is 2.40. The predicted molar refractivity (Wildman–Crippen MR) is 56.8 cm³/mol.